The summed E-state index contributed by atoms with van der Waals surface area (Å²) in [6, 6.07) is 0.312. The molecule has 1 unspecified atom stereocenters. The van der Waals surface area contributed by atoms with E-state index in [2.05, 4.69) is 25.7 Å². The summed E-state index contributed by atoms with van der Waals surface area (Å²) in [5.41, 5.74) is 5.66. The van der Waals surface area contributed by atoms with Crippen LogP contribution in [0.2, 0.25) is 0 Å². The first-order valence-corrected chi connectivity index (χ1v) is 4.18. The van der Waals surface area contributed by atoms with Crippen LogP contribution in [-0.2, 0) is 0 Å². The summed E-state index contributed by atoms with van der Waals surface area (Å²) in [6.07, 6.45) is 1.22. The van der Waals surface area contributed by atoms with Gasteiger partial charge < -0.3 is 10.6 Å². The largest absolute Gasteiger partial charge is 0.327 e. The molecule has 62 valence electrons. The van der Waals surface area contributed by atoms with Gasteiger partial charge in [0.2, 0.25) is 0 Å². The van der Waals surface area contributed by atoms with Crippen molar-refractivity contribution in [3.05, 3.63) is 0 Å². The van der Waals surface area contributed by atoms with Crippen LogP contribution in [0.4, 0.5) is 0 Å². The van der Waals surface area contributed by atoms with Crippen molar-refractivity contribution in [2.45, 2.75) is 33.2 Å². The van der Waals surface area contributed by atoms with Gasteiger partial charge >= 0.3 is 0 Å². The van der Waals surface area contributed by atoms with Crippen molar-refractivity contribution in [1.82, 2.24) is 4.90 Å². The molecule has 0 saturated heterocycles. The Morgan fingerprint density at radius 2 is 2.00 bits per heavy atom. The molecule has 0 aromatic carbocycles. The summed E-state index contributed by atoms with van der Waals surface area (Å²) < 4.78 is 0. The van der Waals surface area contributed by atoms with E-state index in [0.717, 1.165) is 13.1 Å². The van der Waals surface area contributed by atoms with Gasteiger partial charge in [-0.25, -0.2) is 0 Å². The van der Waals surface area contributed by atoms with Gasteiger partial charge in [0.1, 0.15) is 0 Å². The van der Waals surface area contributed by atoms with E-state index in [1.807, 2.05) is 0 Å². The molecule has 0 fully saturated rings. The molecule has 0 aliphatic rings. The first-order chi connectivity index (χ1) is 4.70. The number of rotatable bonds is 5. The molecule has 2 heteroatoms. The number of nitrogens with zero attached hydrogens (tertiary/aromatic N) is 1. The molecule has 0 aliphatic heterocycles. The summed E-state index contributed by atoms with van der Waals surface area (Å²) in [6.45, 7) is 9.76. The Morgan fingerprint density at radius 3 is 2.30 bits per heavy atom. The lowest BCUT2D eigenvalue weighted by Gasteiger charge is -2.21. The summed E-state index contributed by atoms with van der Waals surface area (Å²) in [5.74, 6) is 0. The van der Waals surface area contributed by atoms with Gasteiger partial charge in [-0.05, 0) is 26.4 Å². The maximum atomic E-state index is 5.66. The molecule has 0 radical (unpaired) electrons. The lowest BCUT2D eigenvalue weighted by atomic mass is 10.3. The Balaban J connectivity index is 3.39. The molecule has 0 rings (SSSR count). The third-order valence-electron chi connectivity index (χ3n) is 1.53. The van der Waals surface area contributed by atoms with Crippen LogP contribution < -0.4 is 5.73 Å². The van der Waals surface area contributed by atoms with E-state index < -0.39 is 0 Å². The number of hydrogen-bond donors (Lipinski definition) is 1. The molecule has 0 aliphatic carbocycles. The summed E-state index contributed by atoms with van der Waals surface area (Å²) in [5, 5.41) is 0. The maximum absolute atomic E-state index is 5.66. The zero-order valence-corrected chi connectivity index (χ0v) is 7.43. The van der Waals surface area contributed by atoms with E-state index in [-0.39, 0.29) is 0 Å². The molecule has 2 N–H and O–H groups in total. The average Bonchev–Trinajstić information content (AvgIpc) is 1.86. The van der Waals surface area contributed by atoms with Crippen molar-refractivity contribution in [2.75, 3.05) is 19.6 Å². The topological polar surface area (TPSA) is 29.3 Å². The van der Waals surface area contributed by atoms with Crippen LogP contribution in [0, 0.1) is 0 Å². The third kappa shape index (κ3) is 4.77. The first-order valence-electron chi connectivity index (χ1n) is 4.18. The van der Waals surface area contributed by atoms with Gasteiger partial charge in [0.05, 0.1) is 0 Å². The second-order valence-corrected chi connectivity index (χ2v) is 2.87. The Morgan fingerprint density at radius 1 is 1.40 bits per heavy atom. The Hall–Kier alpha value is -0.0800. The average molecular weight is 144 g/mol. The van der Waals surface area contributed by atoms with Crippen molar-refractivity contribution < 1.29 is 0 Å². The van der Waals surface area contributed by atoms with E-state index in [1.165, 1.54) is 13.0 Å². The fourth-order valence-electron chi connectivity index (χ4n) is 1.10. The minimum Gasteiger partial charge on any atom is -0.327 e. The Labute approximate surface area is 64.4 Å². The first kappa shape index (κ1) is 9.92. The molecule has 0 aromatic heterocycles. The highest BCUT2D eigenvalue weighted by Crippen LogP contribution is 1.91. The number of hydrogen-bond acceptors (Lipinski definition) is 2. The molecule has 0 amide bonds. The minimum absolute atomic E-state index is 0.312. The normalized spacial score (nSPS) is 14.1. The zero-order valence-electron chi connectivity index (χ0n) is 7.43. The van der Waals surface area contributed by atoms with Gasteiger partial charge in [0, 0.05) is 12.6 Å². The molecule has 0 spiro atoms. The fraction of sp³-hybridized carbons (Fsp3) is 1.00. The van der Waals surface area contributed by atoms with Crippen molar-refractivity contribution >= 4 is 0 Å². The molecule has 2 nitrogen and oxygen atoms in total. The van der Waals surface area contributed by atoms with Crippen LogP contribution >= 0.6 is 0 Å². The van der Waals surface area contributed by atoms with Crippen LogP contribution in [0.1, 0.15) is 27.2 Å². The Bertz CT molecular complexity index is 71.7. The van der Waals surface area contributed by atoms with E-state index in [9.17, 15) is 0 Å². The van der Waals surface area contributed by atoms with Gasteiger partial charge in [-0.15, -0.1) is 0 Å². The maximum Gasteiger partial charge on any atom is 0.0139 e. The van der Waals surface area contributed by atoms with Gasteiger partial charge in [0.15, 0.2) is 0 Å². The standard InChI is InChI=1S/C8H20N2/c1-4-6-10(5-2)7-8(3)9/h8H,4-7,9H2,1-3H3. The molecular weight excluding hydrogens is 124 g/mol. The molecule has 0 saturated carbocycles. The van der Waals surface area contributed by atoms with Gasteiger partial charge in [0.25, 0.3) is 0 Å². The summed E-state index contributed by atoms with van der Waals surface area (Å²) in [4.78, 5) is 2.38. The van der Waals surface area contributed by atoms with Crippen molar-refractivity contribution in [3.63, 3.8) is 0 Å². The van der Waals surface area contributed by atoms with Crippen molar-refractivity contribution in [3.8, 4) is 0 Å². The SMILES string of the molecule is CCCN(CC)CC(C)N. The van der Waals surface area contributed by atoms with Crippen molar-refractivity contribution in [1.29, 1.82) is 0 Å². The van der Waals surface area contributed by atoms with Crippen molar-refractivity contribution in [2.24, 2.45) is 5.73 Å². The second-order valence-electron chi connectivity index (χ2n) is 2.87. The summed E-state index contributed by atoms with van der Waals surface area (Å²) in [7, 11) is 0. The van der Waals surface area contributed by atoms with Gasteiger partial charge in [-0.3, -0.25) is 0 Å². The van der Waals surface area contributed by atoms with E-state index in [4.69, 9.17) is 5.73 Å². The quantitative estimate of drug-likeness (QED) is 0.625. The van der Waals surface area contributed by atoms with Crippen LogP contribution in [0.3, 0.4) is 0 Å². The third-order valence-corrected chi connectivity index (χ3v) is 1.53. The van der Waals surface area contributed by atoms with Gasteiger partial charge in [-0.2, -0.15) is 0 Å². The molecule has 1 atom stereocenters. The highest BCUT2D eigenvalue weighted by atomic mass is 15.1. The number of nitrogens with two attached hydrogens (primary N) is 1. The molecule has 0 heterocycles. The zero-order chi connectivity index (χ0) is 7.98. The smallest absolute Gasteiger partial charge is 0.0139 e. The van der Waals surface area contributed by atoms with Crippen LogP contribution in [0.15, 0.2) is 0 Å². The van der Waals surface area contributed by atoms with E-state index >= 15 is 0 Å². The minimum atomic E-state index is 0.312. The molecule has 0 aromatic rings. The molecular formula is C8H20N2. The fourth-order valence-corrected chi connectivity index (χ4v) is 1.10. The van der Waals surface area contributed by atoms with Crippen LogP contribution in [0.5, 0.6) is 0 Å². The molecule has 0 bridgehead atoms. The highest BCUT2D eigenvalue weighted by molar-refractivity contribution is 4.61. The highest BCUT2D eigenvalue weighted by Gasteiger charge is 2.02. The summed E-state index contributed by atoms with van der Waals surface area (Å²) >= 11 is 0. The van der Waals surface area contributed by atoms with Gasteiger partial charge in [-0.1, -0.05) is 13.8 Å². The van der Waals surface area contributed by atoms with E-state index in [0.29, 0.717) is 6.04 Å². The predicted octanol–water partition coefficient (Wildman–Crippen LogP) is 1.07. The lowest BCUT2D eigenvalue weighted by molar-refractivity contribution is 0.275. The van der Waals surface area contributed by atoms with Crippen LogP contribution in [0.25, 0.3) is 0 Å². The van der Waals surface area contributed by atoms with Crippen LogP contribution in [-0.4, -0.2) is 30.6 Å². The molecule has 10 heavy (non-hydrogen) atoms. The lowest BCUT2D eigenvalue weighted by Crippen LogP contribution is -2.35. The number of likely N-dealkylation sites (N-methyl/N-ethyl adjacent to an activating group) is 1. The predicted molar refractivity (Wildman–Crippen MR) is 46.1 cm³/mol. The Kier molecular flexibility index (Phi) is 5.64. The monoisotopic (exact) mass is 144 g/mol. The second kappa shape index (κ2) is 5.69. The van der Waals surface area contributed by atoms with E-state index in [1.54, 1.807) is 0 Å².